The third kappa shape index (κ3) is 7.44. The molecular formula is C43H15F15MnN5O. The van der Waals surface area contributed by atoms with Crippen LogP contribution in [0.15, 0.2) is 88.5 Å². The number of allylic oxidation sites excluding steroid dienone is 3. The molecule has 0 saturated heterocycles. The number of benzene rings is 3. The van der Waals surface area contributed by atoms with Crippen LogP contribution >= 0.6 is 0 Å². The minimum absolute atomic E-state index is 0. The van der Waals surface area contributed by atoms with E-state index < -0.39 is 178 Å². The van der Waals surface area contributed by atoms with Crippen LogP contribution in [0.4, 0.5) is 65.9 Å². The van der Waals surface area contributed by atoms with Crippen LogP contribution in [-0.4, -0.2) is 16.4 Å². The van der Waals surface area contributed by atoms with Gasteiger partial charge in [0.2, 0.25) is 17.5 Å². The monoisotopic (exact) mass is 957 g/mol. The van der Waals surface area contributed by atoms with Crippen molar-refractivity contribution in [3.05, 3.63) is 205 Å². The predicted molar refractivity (Wildman–Crippen MR) is 193 cm³/mol. The van der Waals surface area contributed by atoms with E-state index in [1.165, 1.54) is 0 Å². The van der Waals surface area contributed by atoms with Crippen LogP contribution in [0.2, 0.25) is 0 Å². The van der Waals surface area contributed by atoms with Gasteiger partial charge in [-0.1, -0.05) is 30.3 Å². The molecule has 65 heavy (non-hydrogen) atoms. The van der Waals surface area contributed by atoms with Gasteiger partial charge in [-0.2, -0.15) is 0 Å². The van der Waals surface area contributed by atoms with Crippen molar-refractivity contribution in [2.24, 2.45) is 9.98 Å². The Bertz CT molecular complexity index is 3190. The zero-order valence-corrected chi connectivity index (χ0v) is 32.6. The molecule has 3 aromatic carbocycles. The minimum atomic E-state index is -2.63. The molecule has 0 radical (unpaired) electrons. The predicted octanol–water partition coefficient (Wildman–Crippen LogP) is 7.91. The molecule has 330 valence electrons. The number of fused-ring (bicyclic) bond motifs is 7. The van der Waals surface area contributed by atoms with Gasteiger partial charge in [-0.3, -0.25) is 9.98 Å². The SMILES string of the molecule is [Mn+3].[O-]C=C1C=C2N=C1C(c1c(F)c(F)c(F)c(F)c1F)=c1ccc([n-]1)=C(c1c(F)c(F)c(F)c(F)c1F)C1=NC(=C(c3c(F)c(F)c(F)c(F)c3F)c3ccc2[n-]3)CC1.c1ccncc1. The van der Waals surface area contributed by atoms with Crippen molar-refractivity contribution in [3.8, 4) is 0 Å². The number of hydrogen-bond donors (Lipinski definition) is 0. The van der Waals surface area contributed by atoms with Crippen molar-refractivity contribution in [1.29, 1.82) is 0 Å². The average molecular weight is 958 g/mol. The molecule has 6 nitrogen and oxygen atoms in total. The molecule has 9 rings (SSSR count). The maximum absolute atomic E-state index is 15.6. The summed E-state index contributed by atoms with van der Waals surface area (Å²) in [7, 11) is 0. The molecule has 0 amide bonds. The minimum Gasteiger partial charge on any atom is -0.877 e. The second kappa shape index (κ2) is 17.5. The molecular weight excluding hydrogens is 942 g/mol. The van der Waals surface area contributed by atoms with E-state index in [-0.39, 0.29) is 29.0 Å². The van der Waals surface area contributed by atoms with Crippen molar-refractivity contribution in [3.63, 3.8) is 0 Å². The molecule has 3 aliphatic rings. The standard InChI is InChI=1S/C38H11F15N4O.C5H5N.Mn/c39-23-20(24(40)30(46)35(51)29(23)45)17-11-2-1-10(54-11)16-7-9(8-58)38(57-16)19(22-27(43)33(49)37(53)34(50)28(22)44)15-6-5-14(56-15)18(13-4-3-12(17)55-13)21-25(41)31(47)36(52)32(48)26(21)42;1-2-4-6-5-3-1;/h1-2,5-8H,3-4H2,(H-2,54,55,56,57,58);1-5H;/q-2;;+3/p-1. The first kappa shape index (κ1) is 45.9. The van der Waals surface area contributed by atoms with Crippen LogP contribution in [0.5, 0.6) is 0 Å². The molecule has 3 aromatic heterocycles. The van der Waals surface area contributed by atoms with Crippen molar-refractivity contribution >= 4 is 33.8 Å². The first-order chi connectivity index (χ1) is 30.5. The van der Waals surface area contributed by atoms with E-state index in [4.69, 9.17) is 0 Å². The Hall–Kier alpha value is -7.06. The topological polar surface area (TPSA) is 88.9 Å². The number of pyridine rings is 1. The molecule has 0 atom stereocenters. The molecule has 6 aromatic rings. The number of aromatic nitrogens is 3. The normalized spacial score (nSPS) is 15.0. The molecule has 8 bridgehead atoms. The zero-order chi connectivity index (χ0) is 46.0. The Balaban J connectivity index is 0.000000833. The Morgan fingerprint density at radius 2 is 0.892 bits per heavy atom. The molecule has 0 N–H and O–H groups in total. The summed E-state index contributed by atoms with van der Waals surface area (Å²) in [6.07, 6.45) is 3.08. The van der Waals surface area contributed by atoms with Crippen molar-refractivity contribution in [2.45, 2.75) is 12.8 Å². The number of halogens is 15. The van der Waals surface area contributed by atoms with Crippen LogP contribution in [0.3, 0.4) is 0 Å². The molecule has 22 heteroatoms. The first-order valence-electron chi connectivity index (χ1n) is 17.9. The second-order valence-electron chi connectivity index (χ2n) is 13.5. The first-order valence-corrected chi connectivity index (χ1v) is 17.9. The Labute approximate surface area is 363 Å². The summed E-state index contributed by atoms with van der Waals surface area (Å²) in [5.41, 5.74) is -12.7. The van der Waals surface area contributed by atoms with Gasteiger partial charge in [0, 0.05) is 29.5 Å². The summed E-state index contributed by atoms with van der Waals surface area (Å²) in [6, 6.07) is 9.11. The number of aliphatic imine (C=N–C) groups is 2. The van der Waals surface area contributed by atoms with Gasteiger partial charge in [0.05, 0.1) is 22.4 Å². The van der Waals surface area contributed by atoms with E-state index in [0.29, 0.717) is 0 Å². The van der Waals surface area contributed by atoms with Gasteiger partial charge in [0.1, 0.15) is 0 Å². The largest absolute Gasteiger partial charge is 3.00 e. The summed E-state index contributed by atoms with van der Waals surface area (Å²) >= 11 is 0. The van der Waals surface area contributed by atoms with Gasteiger partial charge in [0.25, 0.3) is 0 Å². The fraction of sp³-hybridized carbons (Fsp3) is 0.0465. The Morgan fingerprint density at radius 1 is 0.462 bits per heavy atom. The van der Waals surface area contributed by atoms with Gasteiger partial charge in [-0.05, 0) is 53.3 Å². The maximum Gasteiger partial charge on any atom is 3.00 e. The average Bonchev–Trinajstić information content (AvgIpc) is 4.15. The fourth-order valence-electron chi connectivity index (χ4n) is 7.01. The third-order valence-corrected chi connectivity index (χ3v) is 9.86. The maximum atomic E-state index is 15.6. The summed E-state index contributed by atoms with van der Waals surface area (Å²) in [5.74, 6) is -37.5. The smallest absolute Gasteiger partial charge is 0.877 e. The summed E-state index contributed by atoms with van der Waals surface area (Å²) in [4.78, 5) is 20.1. The van der Waals surface area contributed by atoms with Crippen LogP contribution in [0.25, 0.3) is 22.4 Å². The molecule has 0 saturated carbocycles. The summed E-state index contributed by atoms with van der Waals surface area (Å²) in [6.45, 7) is 0. The second-order valence-corrected chi connectivity index (χ2v) is 13.5. The van der Waals surface area contributed by atoms with E-state index in [1.54, 1.807) is 12.4 Å². The van der Waals surface area contributed by atoms with E-state index >= 15 is 26.3 Å². The fourth-order valence-corrected chi connectivity index (χ4v) is 7.01. The van der Waals surface area contributed by atoms with Gasteiger partial charge in [0.15, 0.2) is 69.8 Å². The van der Waals surface area contributed by atoms with Crippen LogP contribution in [0, 0.1) is 87.3 Å². The van der Waals surface area contributed by atoms with Crippen molar-refractivity contribution in [2.75, 3.05) is 0 Å². The van der Waals surface area contributed by atoms with Crippen LogP contribution < -0.4 is 25.8 Å². The zero-order valence-electron chi connectivity index (χ0n) is 31.5. The van der Waals surface area contributed by atoms with Gasteiger partial charge >= 0.3 is 17.1 Å². The van der Waals surface area contributed by atoms with Gasteiger partial charge in [-0.15, -0.1) is 28.3 Å². The molecule has 3 aliphatic heterocycles. The van der Waals surface area contributed by atoms with Crippen molar-refractivity contribution in [1.82, 2.24) is 15.0 Å². The molecule has 0 unspecified atom stereocenters. The molecule has 0 aliphatic carbocycles. The third-order valence-electron chi connectivity index (χ3n) is 9.86. The molecule has 6 heterocycles. The summed E-state index contributed by atoms with van der Waals surface area (Å²) < 4.78 is 224. The number of hydrogen-bond acceptors (Lipinski definition) is 4. The van der Waals surface area contributed by atoms with Crippen molar-refractivity contribution < 1.29 is 88.0 Å². The Kier molecular flexibility index (Phi) is 12.4. The van der Waals surface area contributed by atoms with Crippen LogP contribution in [-0.2, 0) is 17.1 Å². The van der Waals surface area contributed by atoms with E-state index in [9.17, 15) is 44.6 Å². The number of rotatable bonds is 3. The van der Waals surface area contributed by atoms with Crippen LogP contribution in [0.1, 0.15) is 40.9 Å². The van der Waals surface area contributed by atoms with Gasteiger partial charge in [-0.25, -0.2) is 70.8 Å². The van der Waals surface area contributed by atoms with Gasteiger partial charge < -0.3 is 15.1 Å². The van der Waals surface area contributed by atoms with E-state index in [1.807, 2.05) is 18.2 Å². The molecule has 0 spiro atoms. The Morgan fingerprint density at radius 3 is 1.34 bits per heavy atom. The van der Waals surface area contributed by atoms with E-state index in [2.05, 4.69) is 24.9 Å². The number of nitrogens with zero attached hydrogens (tertiary/aromatic N) is 5. The van der Waals surface area contributed by atoms with E-state index in [0.717, 1.165) is 30.3 Å². The quantitative estimate of drug-likeness (QED) is 0.0594. The summed E-state index contributed by atoms with van der Waals surface area (Å²) in [5, 5.41) is 10.6. The molecule has 0 fully saturated rings.